The minimum Gasteiger partial charge on any atom is -0.493 e. The number of β-lactam (4-membered cyclic amide) rings is 1. The lowest BCUT2D eigenvalue weighted by molar-refractivity contribution is -0.384. The zero-order valence-electron chi connectivity index (χ0n) is 21.0. The van der Waals surface area contributed by atoms with Crippen molar-refractivity contribution in [1.29, 1.82) is 0 Å². The van der Waals surface area contributed by atoms with Crippen molar-refractivity contribution in [3.63, 3.8) is 0 Å². The molecule has 1 atom stereocenters. The molecule has 4 rings (SSSR count). The molecule has 0 aliphatic carbocycles. The second-order valence-electron chi connectivity index (χ2n) is 8.09. The van der Waals surface area contributed by atoms with Crippen LogP contribution in [0.1, 0.15) is 22.0 Å². The maximum absolute atomic E-state index is 12.9. The number of esters is 1. The summed E-state index contributed by atoms with van der Waals surface area (Å²) in [5, 5.41) is 10.9. The summed E-state index contributed by atoms with van der Waals surface area (Å²) in [6, 6.07) is 12.7. The van der Waals surface area contributed by atoms with E-state index in [2.05, 4.69) is 6.58 Å². The summed E-state index contributed by atoms with van der Waals surface area (Å²) in [6.45, 7) is 3.92. The molecule has 196 valence electrons. The molecule has 1 unspecified atom stereocenters. The molecule has 0 bridgehead atoms. The summed E-state index contributed by atoms with van der Waals surface area (Å²) >= 11 is 0. The Bertz CT molecular complexity index is 1410. The van der Waals surface area contributed by atoms with Gasteiger partial charge in [-0.15, -0.1) is 0 Å². The van der Waals surface area contributed by atoms with Gasteiger partial charge in [0.15, 0.2) is 23.0 Å². The van der Waals surface area contributed by atoms with Crippen LogP contribution in [0.5, 0.6) is 28.7 Å². The number of ether oxygens (including phenoxy) is 5. The van der Waals surface area contributed by atoms with E-state index < -0.39 is 16.9 Å². The number of carbonyl (C=O) groups excluding carboxylic acids is 2. The SMILES string of the molecule is C=C1C(=O)N(c2cc(OC)c(OC)c(OC)c2)C1c1ccc(OC)c(OC(=O)c2ccc([N+](=O)[O-])cc2)c1. The molecule has 3 aromatic carbocycles. The van der Waals surface area contributed by atoms with Gasteiger partial charge in [-0.05, 0) is 29.8 Å². The lowest BCUT2D eigenvalue weighted by atomic mass is 9.88. The molecule has 0 saturated carbocycles. The Balaban J connectivity index is 1.68. The quantitative estimate of drug-likeness (QED) is 0.100. The minimum absolute atomic E-state index is 0.102. The van der Waals surface area contributed by atoms with Crippen LogP contribution >= 0.6 is 0 Å². The number of hydrogen-bond donors (Lipinski definition) is 0. The predicted octanol–water partition coefficient (Wildman–Crippen LogP) is 4.49. The monoisotopic (exact) mass is 520 g/mol. The van der Waals surface area contributed by atoms with Crippen LogP contribution in [0.25, 0.3) is 0 Å². The third-order valence-corrected chi connectivity index (χ3v) is 6.03. The average molecular weight is 520 g/mol. The number of nitrogens with zero attached hydrogens (tertiary/aromatic N) is 2. The Hall–Kier alpha value is -5.06. The predicted molar refractivity (Wildman–Crippen MR) is 137 cm³/mol. The van der Waals surface area contributed by atoms with Gasteiger partial charge in [-0.2, -0.15) is 0 Å². The van der Waals surface area contributed by atoms with E-state index in [1.54, 1.807) is 30.3 Å². The van der Waals surface area contributed by atoms with Crippen molar-refractivity contribution in [2.24, 2.45) is 0 Å². The number of nitro benzene ring substituents is 1. The van der Waals surface area contributed by atoms with Crippen LogP contribution in [0.2, 0.25) is 0 Å². The third-order valence-electron chi connectivity index (χ3n) is 6.03. The highest BCUT2D eigenvalue weighted by Gasteiger charge is 2.43. The number of anilines is 1. The van der Waals surface area contributed by atoms with Crippen LogP contribution in [0.15, 0.2) is 66.7 Å². The Morgan fingerprint density at radius 3 is 2.00 bits per heavy atom. The van der Waals surface area contributed by atoms with Crippen molar-refractivity contribution in [3.05, 3.63) is 88.0 Å². The minimum atomic E-state index is -0.736. The van der Waals surface area contributed by atoms with Gasteiger partial charge in [0.1, 0.15) is 0 Å². The molecule has 0 radical (unpaired) electrons. The van der Waals surface area contributed by atoms with Crippen LogP contribution in [0.3, 0.4) is 0 Å². The molecule has 38 heavy (non-hydrogen) atoms. The van der Waals surface area contributed by atoms with Gasteiger partial charge in [0.2, 0.25) is 5.75 Å². The maximum atomic E-state index is 12.9. The van der Waals surface area contributed by atoms with Crippen molar-refractivity contribution < 1.29 is 38.2 Å². The number of carbonyl (C=O) groups is 2. The Morgan fingerprint density at radius 2 is 1.47 bits per heavy atom. The Morgan fingerprint density at radius 1 is 0.868 bits per heavy atom. The zero-order chi connectivity index (χ0) is 27.6. The van der Waals surface area contributed by atoms with E-state index in [0.717, 1.165) is 0 Å². The smallest absolute Gasteiger partial charge is 0.343 e. The van der Waals surface area contributed by atoms with Gasteiger partial charge in [-0.1, -0.05) is 12.6 Å². The third kappa shape index (κ3) is 4.57. The molecule has 1 aliphatic heterocycles. The van der Waals surface area contributed by atoms with Gasteiger partial charge in [0.25, 0.3) is 11.6 Å². The number of nitro groups is 1. The van der Waals surface area contributed by atoms with Crippen LogP contribution in [0.4, 0.5) is 11.4 Å². The van der Waals surface area contributed by atoms with Gasteiger partial charge in [0, 0.05) is 29.8 Å². The van der Waals surface area contributed by atoms with E-state index >= 15 is 0 Å². The molecule has 0 spiro atoms. The second kappa shape index (κ2) is 10.5. The topological polar surface area (TPSA) is 127 Å². The van der Waals surface area contributed by atoms with Crippen molar-refractivity contribution in [3.8, 4) is 28.7 Å². The first-order chi connectivity index (χ1) is 18.2. The van der Waals surface area contributed by atoms with E-state index in [1.165, 1.54) is 57.6 Å². The number of non-ortho nitro benzene ring substituents is 1. The average Bonchev–Trinajstić information content (AvgIpc) is 2.94. The van der Waals surface area contributed by atoms with E-state index in [9.17, 15) is 19.7 Å². The van der Waals surface area contributed by atoms with E-state index in [0.29, 0.717) is 34.1 Å². The molecule has 3 aromatic rings. The molecule has 0 N–H and O–H groups in total. The molecule has 1 amide bonds. The Kier molecular flexibility index (Phi) is 7.19. The van der Waals surface area contributed by atoms with E-state index in [4.69, 9.17) is 23.7 Å². The second-order valence-corrected chi connectivity index (χ2v) is 8.09. The molecule has 11 heteroatoms. The number of methoxy groups -OCH3 is 4. The zero-order valence-corrected chi connectivity index (χ0v) is 21.0. The fourth-order valence-corrected chi connectivity index (χ4v) is 4.12. The van der Waals surface area contributed by atoms with E-state index in [1.807, 2.05) is 0 Å². The van der Waals surface area contributed by atoms with Crippen molar-refractivity contribution in [1.82, 2.24) is 0 Å². The number of rotatable bonds is 9. The largest absolute Gasteiger partial charge is 0.493 e. The highest BCUT2D eigenvalue weighted by molar-refractivity contribution is 6.15. The summed E-state index contributed by atoms with van der Waals surface area (Å²) in [7, 11) is 5.86. The summed E-state index contributed by atoms with van der Waals surface area (Å²) in [5.41, 5.74) is 1.39. The molecule has 1 saturated heterocycles. The molecular formula is C27H24N2O9. The summed E-state index contributed by atoms with van der Waals surface area (Å²) in [5.74, 6) is 0.471. The molecule has 1 fully saturated rings. The van der Waals surface area contributed by atoms with Crippen LogP contribution in [-0.2, 0) is 4.79 Å². The first-order valence-corrected chi connectivity index (χ1v) is 11.2. The molecule has 0 aromatic heterocycles. The Labute approximate surface area is 217 Å². The summed E-state index contributed by atoms with van der Waals surface area (Å²) in [6.07, 6.45) is 0. The lowest BCUT2D eigenvalue weighted by Gasteiger charge is -2.42. The first-order valence-electron chi connectivity index (χ1n) is 11.2. The maximum Gasteiger partial charge on any atom is 0.343 e. The highest BCUT2D eigenvalue weighted by Crippen LogP contribution is 2.48. The summed E-state index contributed by atoms with van der Waals surface area (Å²) in [4.78, 5) is 37.5. The molecule has 1 aliphatic rings. The lowest BCUT2D eigenvalue weighted by Crippen LogP contribution is -2.48. The normalized spacial score (nSPS) is 14.4. The van der Waals surface area contributed by atoms with Crippen molar-refractivity contribution in [2.75, 3.05) is 33.3 Å². The van der Waals surface area contributed by atoms with Crippen LogP contribution in [0, 0.1) is 10.1 Å². The first kappa shape index (κ1) is 26.0. The van der Waals surface area contributed by atoms with Gasteiger partial charge < -0.3 is 23.7 Å². The number of hydrogen-bond acceptors (Lipinski definition) is 9. The fraction of sp³-hybridized carbons (Fsp3) is 0.185. The number of benzene rings is 3. The van der Waals surface area contributed by atoms with Crippen LogP contribution in [-0.4, -0.2) is 45.2 Å². The van der Waals surface area contributed by atoms with Gasteiger partial charge >= 0.3 is 5.97 Å². The summed E-state index contributed by atoms with van der Waals surface area (Å²) < 4.78 is 27.1. The van der Waals surface area contributed by atoms with E-state index in [-0.39, 0.29) is 28.7 Å². The van der Waals surface area contributed by atoms with Crippen molar-refractivity contribution in [2.45, 2.75) is 6.04 Å². The van der Waals surface area contributed by atoms with Gasteiger partial charge in [0.05, 0.1) is 50.7 Å². The molecule has 1 heterocycles. The van der Waals surface area contributed by atoms with Gasteiger partial charge in [-0.25, -0.2) is 4.79 Å². The van der Waals surface area contributed by atoms with Crippen LogP contribution < -0.4 is 28.6 Å². The highest BCUT2D eigenvalue weighted by atomic mass is 16.6. The molecular weight excluding hydrogens is 496 g/mol. The van der Waals surface area contributed by atoms with Gasteiger partial charge in [-0.3, -0.25) is 19.8 Å². The standard InChI is InChI=1S/C27H24N2O9/c1-15-24(28(26(15)30)19-13-22(35-3)25(37-5)23(14-19)36-4)17-8-11-20(34-2)21(12-17)38-27(31)16-6-9-18(10-7-16)29(32)33/h6-14,24H,1H2,2-5H3. The molecule has 11 nitrogen and oxygen atoms in total. The fourth-order valence-electron chi connectivity index (χ4n) is 4.12. The van der Waals surface area contributed by atoms with Crippen molar-refractivity contribution >= 4 is 23.3 Å². The number of amides is 1.